The van der Waals surface area contributed by atoms with Gasteiger partial charge in [-0.15, -0.1) is 0 Å². The average Bonchev–Trinajstić information content (AvgIpc) is 2.82. The Kier molecular flexibility index (Phi) is 4.15. The van der Waals surface area contributed by atoms with Crippen LogP contribution < -0.4 is 0 Å². The summed E-state index contributed by atoms with van der Waals surface area (Å²) in [6.45, 7) is 0.379. The molecule has 1 heterocycles. The minimum atomic E-state index is -0.642. The normalized spacial score (nSPS) is 18.1. The van der Waals surface area contributed by atoms with Crippen molar-refractivity contribution in [2.24, 2.45) is 0 Å². The van der Waals surface area contributed by atoms with Gasteiger partial charge in [0, 0.05) is 18.7 Å². The highest BCUT2D eigenvalue weighted by atomic mass is 19.1. The molecule has 0 aromatic heterocycles. The number of carbonyl (C=O) groups is 1. The number of rotatable bonds is 1. The summed E-state index contributed by atoms with van der Waals surface area (Å²) in [7, 11) is 0. The molecule has 100 valence electrons. The monoisotopic (exact) mass is 263 g/mol. The lowest BCUT2D eigenvalue weighted by Crippen LogP contribution is -2.30. The van der Waals surface area contributed by atoms with E-state index in [2.05, 4.69) is 11.8 Å². The fourth-order valence-electron chi connectivity index (χ4n) is 2.00. The zero-order chi connectivity index (χ0) is 13.8. The topological polar surface area (TPSA) is 60.8 Å². The lowest BCUT2D eigenvalue weighted by molar-refractivity contribution is 0.0760. The Morgan fingerprint density at radius 1 is 1.53 bits per heavy atom. The summed E-state index contributed by atoms with van der Waals surface area (Å²) in [5, 5.41) is 17.9. The van der Waals surface area contributed by atoms with Gasteiger partial charge in [-0.1, -0.05) is 11.8 Å². The van der Waals surface area contributed by atoms with Crippen LogP contribution in [0.25, 0.3) is 0 Å². The van der Waals surface area contributed by atoms with Crippen LogP contribution in [0.3, 0.4) is 0 Å². The van der Waals surface area contributed by atoms with Crippen LogP contribution in [0.1, 0.15) is 22.3 Å². The molecule has 1 fully saturated rings. The summed E-state index contributed by atoms with van der Waals surface area (Å²) < 4.78 is 13.8. The Bertz CT molecular complexity index is 547. The second-order valence-corrected chi connectivity index (χ2v) is 4.35. The van der Waals surface area contributed by atoms with Crippen molar-refractivity contribution in [3.63, 3.8) is 0 Å². The average molecular weight is 263 g/mol. The van der Waals surface area contributed by atoms with E-state index in [-0.39, 0.29) is 18.7 Å². The van der Waals surface area contributed by atoms with E-state index in [0.29, 0.717) is 18.5 Å². The maximum absolute atomic E-state index is 13.8. The molecule has 1 atom stereocenters. The molecule has 0 spiro atoms. The van der Waals surface area contributed by atoms with E-state index in [0.717, 1.165) is 0 Å². The van der Waals surface area contributed by atoms with Crippen molar-refractivity contribution >= 4 is 5.91 Å². The van der Waals surface area contributed by atoms with Gasteiger partial charge in [0.05, 0.1) is 11.7 Å². The Hall–Kier alpha value is -1.90. The highest BCUT2D eigenvalue weighted by Gasteiger charge is 2.26. The van der Waals surface area contributed by atoms with Crippen molar-refractivity contribution in [2.45, 2.75) is 12.5 Å². The van der Waals surface area contributed by atoms with Gasteiger partial charge < -0.3 is 15.1 Å². The number of likely N-dealkylation sites (tertiary alicyclic amines) is 1. The van der Waals surface area contributed by atoms with E-state index in [4.69, 9.17) is 5.11 Å². The molecule has 0 bridgehead atoms. The van der Waals surface area contributed by atoms with Gasteiger partial charge in [0.2, 0.25) is 0 Å². The summed E-state index contributed by atoms with van der Waals surface area (Å²) >= 11 is 0. The number of aliphatic hydroxyl groups excluding tert-OH is 2. The molecule has 0 aliphatic carbocycles. The van der Waals surface area contributed by atoms with E-state index >= 15 is 0 Å². The zero-order valence-corrected chi connectivity index (χ0v) is 10.3. The van der Waals surface area contributed by atoms with Crippen molar-refractivity contribution < 1.29 is 19.4 Å². The quantitative estimate of drug-likeness (QED) is 0.720. The van der Waals surface area contributed by atoms with Crippen LogP contribution in [-0.4, -0.2) is 46.8 Å². The van der Waals surface area contributed by atoms with Gasteiger partial charge in [-0.3, -0.25) is 4.79 Å². The third kappa shape index (κ3) is 3.11. The fourth-order valence-corrected chi connectivity index (χ4v) is 2.00. The molecule has 1 aliphatic rings. The van der Waals surface area contributed by atoms with Gasteiger partial charge in [0.15, 0.2) is 0 Å². The van der Waals surface area contributed by atoms with E-state index in [1.165, 1.54) is 23.1 Å². The molecule has 2 rings (SSSR count). The smallest absolute Gasteiger partial charge is 0.256 e. The number of β-amino-alcohol motifs (C(OH)–C–C–N with tert-alkyl or cyclic N) is 1. The second kappa shape index (κ2) is 5.83. The Balaban J connectivity index is 2.19. The van der Waals surface area contributed by atoms with Crippen LogP contribution in [0, 0.1) is 17.7 Å². The van der Waals surface area contributed by atoms with Crippen LogP contribution >= 0.6 is 0 Å². The van der Waals surface area contributed by atoms with E-state index in [1.807, 2.05) is 0 Å². The first-order chi connectivity index (χ1) is 9.11. The van der Waals surface area contributed by atoms with Crippen LogP contribution in [0.4, 0.5) is 4.39 Å². The predicted octanol–water partition coefficient (Wildman–Crippen LogP) is 0.376. The van der Waals surface area contributed by atoms with Gasteiger partial charge in [0.25, 0.3) is 5.91 Å². The van der Waals surface area contributed by atoms with Gasteiger partial charge in [-0.05, 0) is 24.6 Å². The molecule has 0 radical (unpaired) electrons. The third-order valence-electron chi connectivity index (χ3n) is 2.96. The Labute approximate surface area is 110 Å². The minimum absolute atomic E-state index is 0.0244. The maximum atomic E-state index is 13.8. The number of carbonyl (C=O) groups excluding carboxylic acids is 1. The van der Waals surface area contributed by atoms with Crippen molar-refractivity contribution in [1.82, 2.24) is 4.90 Å². The van der Waals surface area contributed by atoms with Gasteiger partial charge in [0.1, 0.15) is 12.4 Å². The molecule has 0 saturated carbocycles. The number of nitrogens with zero attached hydrogens (tertiary/aromatic N) is 1. The van der Waals surface area contributed by atoms with Crippen molar-refractivity contribution in [3.05, 3.63) is 35.1 Å². The summed E-state index contributed by atoms with van der Waals surface area (Å²) in [6.07, 6.45) is -0.00495. The Morgan fingerprint density at radius 3 is 2.89 bits per heavy atom. The van der Waals surface area contributed by atoms with Gasteiger partial charge in [-0.25, -0.2) is 4.39 Å². The minimum Gasteiger partial charge on any atom is -0.391 e. The SMILES string of the molecule is O=C(c1ccc(C#CCO)cc1F)N1CCC(O)C1. The standard InChI is InChI=1S/C14H14FNO3/c15-13-8-10(2-1-7-17)3-4-12(13)14(19)16-6-5-11(18)9-16/h3-4,8,11,17-18H,5-7,9H2. The number of amides is 1. The summed E-state index contributed by atoms with van der Waals surface area (Å²) in [5.41, 5.74) is 0.383. The maximum Gasteiger partial charge on any atom is 0.256 e. The summed E-state index contributed by atoms with van der Waals surface area (Å²) in [4.78, 5) is 13.5. The molecule has 4 nitrogen and oxygen atoms in total. The third-order valence-corrected chi connectivity index (χ3v) is 2.96. The molecule has 1 aliphatic heterocycles. The number of aliphatic hydroxyl groups is 2. The number of hydrogen-bond donors (Lipinski definition) is 2. The van der Waals surface area contributed by atoms with Crippen LogP contribution in [0.5, 0.6) is 0 Å². The predicted molar refractivity (Wildman–Crippen MR) is 66.9 cm³/mol. The van der Waals surface area contributed by atoms with Crippen molar-refractivity contribution in [3.8, 4) is 11.8 Å². The largest absolute Gasteiger partial charge is 0.391 e. The number of halogens is 1. The molecule has 19 heavy (non-hydrogen) atoms. The molecule has 1 amide bonds. The van der Waals surface area contributed by atoms with Crippen LogP contribution in [0.15, 0.2) is 18.2 Å². The lowest BCUT2D eigenvalue weighted by Gasteiger charge is -2.15. The Morgan fingerprint density at radius 2 is 2.32 bits per heavy atom. The van der Waals surface area contributed by atoms with E-state index in [9.17, 15) is 14.3 Å². The highest BCUT2D eigenvalue weighted by molar-refractivity contribution is 5.94. The molecular formula is C14H14FNO3. The lowest BCUT2D eigenvalue weighted by atomic mass is 10.1. The van der Waals surface area contributed by atoms with Gasteiger partial charge >= 0.3 is 0 Å². The van der Waals surface area contributed by atoms with E-state index < -0.39 is 17.8 Å². The summed E-state index contributed by atoms with van der Waals surface area (Å²) in [5.74, 6) is 3.92. The fraction of sp³-hybridized carbons (Fsp3) is 0.357. The first-order valence-electron chi connectivity index (χ1n) is 5.98. The number of hydrogen-bond acceptors (Lipinski definition) is 3. The molecule has 1 saturated heterocycles. The second-order valence-electron chi connectivity index (χ2n) is 4.35. The summed E-state index contributed by atoms with van der Waals surface area (Å²) in [6, 6.07) is 4.08. The first-order valence-corrected chi connectivity index (χ1v) is 5.98. The van der Waals surface area contributed by atoms with Crippen molar-refractivity contribution in [2.75, 3.05) is 19.7 Å². The van der Waals surface area contributed by atoms with Crippen LogP contribution in [-0.2, 0) is 0 Å². The molecule has 1 aromatic carbocycles. The molecule has 2 N–H and O–H groups in total. The molecule has 1 unspecified atom stereocenters. The van der Waals surface area contributed by atoms with Crippen LogP contribution in [0.2, 0.25) is 0 Å². The molecular weight excluding hydrogens is 249 g/mol. The molecule has 5 heteroatoms. The highest BCUT2D eigenvalue weighted by Crippen LogP contribution is 2.16. The van der Waals surface area contributed by atoms with Crippen molar-refractivity contribution in [1.29, 1.82) is 0 Å². The van der Waals surface area contributed by atoms with Gasteiger partial charge in [-0.2, -0.15) is 0 Å². The molecule has 1 aromatic rings. The zero-order valence-electron chi connectivity index (χ0n) is 10.3. The van der Waals surface area contributed by atoms with E-state index in [1.54, 1.807) is 0 Å². The first kappa shape index (κ1) is 13.5. The number of benzene rings is 1.